The van der Waals surface area contributed by atoms with Crippen molar-refractivity contribution in [2.45, 2.75) is 32.6 Å². The van der Waals surface area contributed by atoms with E-state index in [1.165, 1.54) is 0 Å². The lowest BCUT2D eigenvalue weighted by Crippen LogP contribution is -2.22. The van der Waals surface area contributed by atoms with Crippen LogP contribution in [0.25, 0.3) is 0 Å². The zero-order valence-corrected chi connectivity index (χ0v) is 14.3. The van der Waals surface area contributed by atoms with Gasteiger partial charge >= 0.3 is 0 Å². The van der Waals surface area contributed by atoms with Gasteiger partial charge in [-0.05, 0) is 62.1 Å². The molecule has 1 aromatic rings. The van der Waals surface area contributed by atoms with Crippen LogP contribution in [-0.2, 0) is 4.79 Å². The van der Waals surface area contributed by atoms with Crippen molar-refractivity contribution in [3.05, 3.63) is 46.5 Å². The van der Waals surface area contributed by atoms with Crippen LogP contribution < -0.4 is 5.43 Å². The molecule has 3 atom stereocenters. The first-order valence-corrected chi connectivity index (χ1v) is 8.71. The summed E-state index contributed by atoms with van der Waals surface area (Å²) in [6.07, 6.45) is 8.97. The average Bonchev–Trinajstić information content (AvgIpc) is 3.16. The summed E-state index contributed by atoms with van der Waals surface area (Å²) in [5, 5.41) is 4.28. The fourth-order valence-corrected chi connectivity index (χ4v) is 3.67. The van der Waals surface area contributed by atoms with E-state index >= 15 is 0 Å². The molecule has 0 heterocycles. The first kappa shape index (κ1) is 15.5. The van der Waals surface area contributed by atoms with E-state index in [4.69, 9.17) is 0 Å². The fourth-order valence-electron chi connectivity index (χ4n) is 3.40. The number of hydrazone groups is 1. The Bertz CT molecular complexity index is 590. The predicted molar refractivity (Wildman–Crippen MR) is 92.6 cm³/mol. The summed E-state index contributed by atoms with van der Waals surface area (Å²) in [6.45, 7) is 1.92. The summed E-state index contributed by atoms with van der Waals surface area (Å²) in [5.74, 6) is 1.39. The Balaban J connectivity index is 1.58. The van der Waals surface area contributed by atoms with Crippen molar-refractivity contribution in [2.75, 3.05) is 0 Å². The summed E-state index contributed by atoms with van der Waals surface area (Å²) in [7, 11) is 0. The van der Waals surface area contributed by atoms with Gasteiger partial charge in [0.05, 0.1) is 5.71 Å². The van der Waals surface area contributed by atoms with Crippen LogP contribution in [0.1, 0.15) is 38.2 Å². The molecule has 0 spiro atoms. The van der Waals surface area contributed by atoms with Crippen LogP contribution >= 0.6 is 15.9 Å². The molecule has 1 N–H and O–H groups in total. The first-order valence-electron chi connectivity index (χ1n) is 7.92. The molecule has 116 valence electrons. The molecule has 1 unspecified atom stereocenters. The third-order valence-corrected chi connectivity index (χ3v) is 5.26. The average molecular weight is 361 g/mol. The summed E-state index contributed by atoms with van der Waals surface area (Å²) in [4.78, 5) is 12.3. The summed E-state index contributed by atoms with van der Waals surface area (Å²) in [6, 6.07) is 7.94. The highest BCUT2D eigenvalue weighted by Gasteiger charge is 2.53. The van der Waals surface area contributed by atoms with Crippen molar-refractivity contribution in [1.29, 1.82) is 0 Å². The molecule has 1 amide bonds. The summed E-state index contributed by atoms with van der Waals surface area (Å²) < 4.78 is 1.04. The van der Waals surface area contributed by atoms with Gasteiger partial charge in [0.25, 0.3) is 0 Å². The van der Waals surface area contributed by atoms with E-state index in [1.54, 1.807) is 0 Å². The number of benzene rings is 1. The van der Waals surface area contributed by atoms with E-state index in [2.05, 4.69) is 38.6 Å². The van der Waals surface area contributed by atoms with Gasteiger partial charge in [0.15, 0.2) is 0 Å². The molecule has 1 saturated carbocycles. The Hall–Kier alpha value is -1.42. The number of carbonyl (C=O) groups is 1. The number of nitrogens with one attached hydrogen (secondary N) is 1. The number of hydrogen-bond donors (Lipinski definition) is 1. The molecule has 1 aromatic carbocycles. The molecule has 0 radical (unpaired) electrons. The van der Waals surface area contributed by atoms with E-state index in [9.17, 15) is 4.79 Å². The number of carbonyl (C=O) groups excluding carboxylic acids is 1. The van der Waals surface area contributed by atoms with Crippen molar-refractivity contribution >= 4 is 27.5 Å². The van der Waals surface area contributed by atoms with Gasteiger partial charge in [-0.15, -0.1) is 0 Å². The highest BCUT2D eigenvalue weighted by molar-refractivity contribution is 9.10. The van der Waals surface area contributed by atoms with Crippen LogP contribution in [0.4, 0.5) is 0 Å². The lowest BCUT2D eigenvalue weighted by atomic mass is 10.1. The Morgan fingerprint density at radius 1 is 1.14 bits per heavy atom. The number of nitrogens with zero attached hydrogens (tertiary/aromatic N) is 1. The summed E-state index contributed by atoms with van der Waals surface area (Å²) in [5.41, 5.74) is 4.63. The van der Waals surface area contributed by atoms with Crippen LogP contribution in [-0.4, -0.2) is 11.6 Å². The van der Waals surface area contributed by atoms with Crippen molar-refractivity contribution in [1.82, 2.24) is 5.43 Å². The van der Waals surface area contributed by atoms with Crippen LogP contribution in [0.5, 0.6) is 0 Å². The van der Waals surface area contributed by atoms with Gasteiger partial charge < -0.3 is 0 Å². The van der Waals surface area contributed by atoms with Crippen LogP contribution in [0, 0.1) is 17.8 Å². The number of allylic oxidation sites excluding steroid dienone is 2. The molecule has 4 heteroatoms. The van der Waals surface area contributed by atoms with E-state index in [0.717, 1.165) is 41.4 Å². The number of rotatable bonds is 3. The van der Waals surface area contributed by atoms with Crippen LogP contribution in [0.2, 0.25) is 0 Å². The molecular weight excluding hydrogens is 340 g/mol. The normalized spacial score (nSPS) is 29.0. The second-order valence-corrected chi connectivity index (χ2v) is 7.08. The van der Waals surface area contributed by atoms with E-state index < -0.39 is 0 Å². The Morgan fingerprint density at radius 3 is 2.32 bits per heavy atom. The second-order valence-electron chi connectivity index (χ2n) is 6.16. The Labute approximate surface area is 140 Å². The van der Waals surface area contributed by atoms with Gasteiger partial charge in [-0.25, -0.2) is 5.43 Å². The van der Waals surface area contributed by atoms with Crippen LogP contribution in [0.3, 0.4) is 0 Å². The number of fused-ring (bicyclic) bond motifs is 1. The maximum Gasteiger partial charge on any atom is 0.243 e. The minimum absolute atomic E-state index is 0.0911. The maximum absolute atomic E-state index is 12.3. The molecule has 3 rings (SSSR count). The van der Waals surface area contributed by atoms with Gasteiger partial charge in [-0.1, -0.05) is 40.2 Å². The monoisotopic (exact) mass is 360 g/mol. The smallest absolute Gasteiger partial charge is 0.243 e. The molecule has 0 aliphatic heterocycles. The van der Waals surface area contributed by atoms with Crippen molar-refractivity contribution in [3.63, 3.8) is 0 Å². The van der Waals surface area contributed by atoms with Gasteiger partial charge in [0, 0.05) is 10.4 Å². The van der Waals surface area contributed by atoms with Crippen molar-refractivity contribution < 1.29 is 4.79 Å². The number of amides is 1. The number of hydrogen-bond acceptors (Lipinski definition) is 2. The van der Waals surface area contributed by atoms with Gasteiger partial charge in [-0.2, -0.15) is 5.10 Å². The van der Waals surface area contributed by atoms with E-state index in [0.29, 0.717) is 11.8 Å². The quantitative estimate of drug-likeness (QED) is 0.487. The van der Waals surface area contributed by atoms with Gasteiger partial charge in [0.1, 0.15) is 0 Å². The summed E-state index contributed by atoms with van der Waals surface area (Å²) >= 11 is 3.42. The molecule has 0 bridgehead atoms. The Kier molecular flexibility index (Phi) is 4.77. The lowest BCUT2D eigenvalue weighted by molar-refractivity contribution is -0.122. The molecule has 3 nitrogen and oxygen atoms in total. The number of halogens is 1. The molecule has 1 fully saturated rings. The molecule has 2 aliphatic rings. The van der Waals surface area contributed by atoms with Crippen molar-refractivity contribution in [3.8, 4) is 0 Å². The second kappa shape index (κ2) is 6.78. The molecule has 2 aliphatic carbocycles. The van der Waals surface area contributed by atoms with E-state index in [1.807, 2.05) is 31.2 Å². The lowest BCUT2D eigenvalue weighted by Gasteiger charge is -2.03. The molecular formula is C18H21BrN2O. The van der Waals surface area contributed by atoms with Crippen LogP contribution in [0.15, 0.2) is 46.0 Å². The highest BCUT2D eigenvalue weighted by atomic mass is 79.9. The zero-order chi connectivity index (χ0) is 15.5. The predicted octanol–water partition coefficient (Wildman–Crippen LogP) is 4.28. The third kappa shape index (κ3) is 3.49. The van der Waals surface area contributed by atoms with E-state index in [-0.39, 0.29) is 11.8 Å². The minimum Gasteiger partial charge on any atom is -0.273 e. The van der Waals surface area contributed by atoms with Gasteiger partial charge in [0.2, 0.25) is 5.91 Å². The maximum atomic E-state index is 12.3. The molecule has 0 aromatic heterocycles. The zero-order valence-electron chi connectivity index (χ0n) is 12.8. The molecule has 0 saturated heterocycles. The molecule has 22 heavy (non-hydrogen) atoms. The third-order valence-electron chi connectivity index (χ3n) is 4.73. The van der Waals surface area contributed by atoms with Crippen molar-refractivity contribution in [2.24, 2.45) is 22.9 Å². The standard InChI is InChI=1S/C18H21BrN2O/c1-12(13-8-10-14(19)11-9-13)20-21-18(22)17-15-6-4-2-3-5-7-16(15)17/h2-3,8-11,15-17H,4-7H2,1H3,(H,21,22)/b3-2-,20-12+/t15-,16+,17?. The van der Waals surface area contributed by atoms with Gasteiger partial charge in [-0.3, -0.25) is 4.79 Å². The fraction of sp³-hybridized carbons (Fsp3) is 0.444. The highest BCUT2D eigenvalue weighted by Crippen LogP contribution is 2.52. The Morgan fingerprint density at radius 2 is 1.73 bits per heavy atom. The first-order chi connectivity index (χ1) is 10.7. The largest absolute Gasteiger partial charge is 0.273 e. The minimum atomic E-state index is 0.0911. The topological polar surface area (TPSA) is 41.5 Å². The SMILES string of the molecule is C/C(=N\NC(=O)C1[C@H]2CC/C=C\CC[C@@H]12)c1ccc(Br)cc1.